The van der Waals surface area contributed by atoms with Crippen LogP contribution in [0.1, 0.15) is 20.8 Å². The van der Waals surface area contributed by atoms with Crippen LogP contribution < -0.4 is 5.32 Å². The quantitative estimate of drug-likeness (QED) is 0.871. The van der Waals surface area contributed by atoms with E-state index >= 15 is 0 Å². The molecule has 1 amide bonds. The molecule has 2 aromatic rings. The van der Waals surface area contributed by atoms with E-state index in [1.165, 1.54) is 23.5 Å². The number of thiazole rings is 1. The second-order valence-corrected chi connectivity index (χ2v) is 3.93. The number of anilines is 1. The van der Waals surface area contributed by atoms with Gasteiger partial charge >= 0.3 is 5.97 Å². The lowest BCUT2D eigenvalue weighted by molar-refractivity contribution is 0.0696. The Kier molecular flexibility index (Phi) is 3.15. The molecule has 0 aliphatic rings. The Labute approximate surface area is 101 Å². The summed E-state index contributed by atoms with van der Waals surface area (Å²) in [5, 5.41) is 13.0. The number of amides is 1. The molecule has 6 heteroatoms. The molecule has 0 fully saturated rings. The van der Waals surface area contributed by atoms with Crippen molar-refractivity contribution in [3.8, 4) is 0 Å². The molecule has 2 rings (SSSR count). The van der Waals surface area contributed by atoms with Gasteiger partial charge in [0, 0.05) is 11.1 Å². The van der Waals surface area contributed by atoms with Gasteiger partial charge in [-0.1, -0.05) is 6.07 Å². The lowest BCUT2D eigenvalue weighted by Crippen LogP contribution is -2.12. The van der Waals surface area contributed by atoms with Crippen LogP contribution in [0.3, 0.4) is 0 Å². The van der Waals surface area contributed by atoms with Gasteiger partial charge in [0.2, 0.25) is 0 Å². The fourth-order valence-corrected chi connectivity index (χ4v) is 1.78. The predicted molar refractivity (Wildman–Crippen MR) is 63.5 cm³/mol. The monoisotopic (exact) mass is 248 g/mol. The number of carbonyl (C=O) groups excluding carboxylic acids is 1. The molecule has 0 atom stereocenters. The predicted octanol–water partition coefficient (Wildman–Crippen LogP) is 2.09. The molecular weight excluding hydrogens is 240 g/mol. The summed E-state index contributed by atoms with van der Waals surface area (Å²) in [4.78, 5) is 26.2. The Morgan fingerprint density at radius 3 is 2.82 bits per heavy atom. The second kappa shape index (κ2) is 4.75. The minimum absolute atomic E-state index is 0.126. The van der Waals surface area contributed by atoms with Gasteiger partial charge < -0.3 is 10.4 Å². The Bertz CT molecular complexity index is 552. The van der Waals surface area contributed by atoms with Crippen LogP contribution in [-0.4, -0.2) is 22.0 Å². The molecule has 1 aromatic carbocycles. The lowest BCUT2D eigenvalue weighted by atomic mass is 10.2. The highest BCUT2D eigenvalue weighted by Gasteiger charge is 2.09. The number of aromatic carboxylic acids is 1. The van der Waals surface area contributed by atoms with E-state index in [-0.39, 0.29) is 11.5 Å². The molecule has 0 saturated heterocycles. The van der Waals surface area contributed by atoms with Crippen LogP contribution in [0.15, 0.2) is 35.2 Å². The van der Waals surface area contributed by atoms with Crippen LogP contribution in [-0.2, 0) is 0 Å². The van der Waals surface area contributed by atoms with E-state index in [9.17, 15) is 9.59 Å². The molecule has 0 saturated carbocycles. The van der Waals surface area contributed by atoms with Crippen molar-refractivity contribution in [3.05, 3.63) is 46.4 Å². The first kappa shape index (κ1) is 11.3. The van der Waals surface area contributed by atoms with E-state index in [2.05, 4.69) is 10.3 Å². The summed E-state index contributed by atoms with van der Waals surface area (Å²) in [7, 11) is 0. The molecule has 0 radical (unpaired) electrons. The van der Waals surface area contributed by atoms with Gasteiger partial charge in [-0.25, -0.2) is 9.78 Å². The summed E-state index contributed by atoms with van der Waals surface area (Å²) in [5.74, 6) is -1.39. The van der Waals surface area contributed by atoms with Crippen molar-refractivity contribution in [2.75, 3.05) is 5.32 Å². The van der Waals surface area contributed by atoms with Gasteiger partial charge in [-0.05, 0) is 18.2 Å². The number of carboxylic acids is 1. The summed E-state index contributed by atoms with van der Waals surface area (Å²) in [5.41, 5.74) is 2.43. The Morgan fingerprint density at radius 1 is 1.35 bits per heavy atom. The average Bonchev–Trinajstić information content (AvgIpc) is 2.82. The van der Waals surface area contributed by atoms with Crippen LogP contribution in [0.25, 0.3) is 0 Å². The molecule has 1 heterocycles. The topological polar surface area (TPSA) is 79.3 Å². The van der Waals surface area contributed by atoms with Gasteiger partial charge in [0.15, 0.2) is 0 Å². The summed E-state index contributed by atoms with van der Waals surface area (Å²) in [6.07, 6.45) is 0. The smallest absolute Gasteiger partial charge is 0.335 e. The number of hydrogen-bond donors (Lipinski definition) is 2. The number of benzene rings is 1. The number of carboxylic acid groups (broad SMARTS) is 1. The number of carbonyl (C=O) groups is 2. The maximum absolute atomic E-state index is 11.6. The SMILES string of the molecule is O=C(O)c1cccc(NC(=O)c2cscn2)c1. The Morgan fingerprint density at radius 2 is 2.18 bits per heavy atom. The largest absolute Gasteiger partial charge is 0.478 e. The van der Waals surface area contributed by atoms with Gasteiger partial charge in [-0.15, -0.1) is 11.3 Å². The molecule has 0 bridgehead atoms. The minimum atomic E-state index is -1.03. The maximum Gasteiger partial charge on any atom is 0.335 e. The molecule has 5 nitrogen and oxygen atoms in total. The number of aromatic nitrogens is 1. The fourth-order valence-electron chi connectivity index (χ4n) is 1.25. The minimum Gasteiger partial charge on any atom is -0.478 e. The third-order valence-electron chi connectivity index (χ3n) is 2.03. The summed E-state index contributed by atoms with van der Waals surface area (Å²) in [6.45, 7) is 0. The normalized spacial score (nSPS) is 9.88. The maximum atomic E-state index is 11.6. The van der Waals surface area contributed by atoms with Crippen LogP contribution in [0.5, 0.6) is 0 Å². The summed E-state index contributed by atoms with van der Waals surface area (Å²) >= 11 is 1.32. The third kappa shape index (κ3) is 2.67. The molecule has 1 aromatic heterocycles. The number of nitrogens with one attached hydrogen (secondary N) is 1. The van der Waals surface area contributed by atoms with E-state index in [0.717, 1.165) is 0 Å². The highest BCUT2D eigenvalue weighted by Crippen LogP contribution is 2.12. The highest BCUT2D eigenvalue weighted by atomic mass is 32.1. The average molecular weight is 248 g/mol. The number of nitrogens with zero attached hydrogens (tertiary/aromatic N) is 1. The van der Waals surface area contributed by atoms with Gasteiger partial charge in [-0.3, -0.25) is 4.79 Å². The molecule has 0 aliphatic carbocycles. The van der Waals surface area contributed by atoms with E-state index < -0.39 is 5.97 Å². The Balaban J connectivity index is 2.16. The zero-order valence-corrected chi connectivity index (χ0v) is 9.40. The van der Waals surface area contributed by atoms with Crippen molar-refractivity contribution in [2.24, 2.45) is 0 Å². The van der Waals surface area contributed by atoms with Crippen LogP contribution in [0, 0.1) is 0 Å². The van der Waals surface area contributed by atoms with E-state index in [0.29, 0.717) is 11.4 Å². The number of hydrogen-bond acceptors (Lipinski definition) is 4. The Hall–Kier alpha value is -2.21. The van der Waals surface area contributed by atoms with E-state index in [4.69, 9.17) is 5.11 Å². The zero-order valence-electron chi connectivity index (χ0n) is 8.58. The van der Waals surface area contributed by atoms with Crippen molar-refractivity contribution < 1.29 is 14.7 Å². The molecular formula is C11H8N2O3S. The van der Waals surface area contributed by atoms with Crippen molar-refractivity contribution in [2.45, 2.75) is 0 Å². The first-order valence-corrected chi connectivity index (χ1v) is 5.64. The van der Waals surface area contributed by atoms with Crippen LogP contribution in [0.4, 0.5) is 5.69 Å². The van der Waals surface area contributed by atoms with Gasteiger partial charge in [0.25, 0.3) is 5.91 Å². The second-order valence-electron chi connectivity index (χ2n) is 3.21. The van der Waals surface area contributed by atoms with E-state index in [1.54, 1.807) is 23.0 Å². The van der Waals surface area contributed by atoms with Gasteiger partial charge in [0.1, 0.15) is 5.69 Å². The first-order chi connectivity index (χ1) is 8.16. The van der Waals surface area contributed by atoms with E-state index in [1.807, 2.05) is 0 Å². The number of rotatable bonds is 3. The van der Waals surface area contributed by atoms with Crippen molar-refractivity contribution in [1.29, 1.82) is 0 Å². The molecule has 0 unspecified atom stereocenters. The molecule has 86 valence electrons. The third-order valence-corrected chi connectivity index (χ3v) is 2.62. The van der Waals surface area contributed by atoms with Gasteiger partial charge in [-0.2, -0.15) is 0 Å². The highest BCUT2D eigenvalue weighted by molar-refractivity contribution is 7.07. The van der Waals surface area contributed by atoms with Crippen molar-refractivity contribution in [1.82, 2.24) is 4.98 Å². The van der Waals surface area contributed by atoms with Crippen molar-refractivity contribution in [3.63, 3.8) is 0 Å². The van der Waals surface area contributed by atoms with Crippen LogP contribution >= 0.6 is 11.3 Å². The molecule has 0 aliphatic heterocycles. The first-order valence-electron chi connectivity index (χ1n) is 4.70. The van der Waals surface area contributed by atoms with Gasteiger partial charge in [0.05, 0.1) is 11.1 Å². The standard InChI is InChI=1S/C11H8N2O3S/c14-10(9-5-17-6-12-9)13-8-3-1-2-7(4-8)11(15)16/h1-6H,(H,13,14)(H,15,16). The molecule has 2 N–H and O–H groups in total. The lowest BCUT2D eigenvalue weighted by Gasteiger charge is -2.03. The zero-order chi connectivity index (χ0) is 12.3. The molecule has 0 spiro atoms. The summed E-state index contributed by atoms with van der Waals surface area (Å²) < 4.78 is 0. The summed E-state index contributed by atoms with van der Waals surface area (Å²) in [6, 6.07) is 6.05. The molecule has 17 heavy (non-hydrogen) atoms. The fraction of sp³-hybridized carbons (Fsp3) is 0. The van der Waals surface area contributed by atoms with Crippen molar-refractivity contribution >= 4 is 28.9 Å². The van der Waals surface area contributed by atoms with Crippen LogP contribution in [0.2, 0.25) is 0 Å².